The summed E-state index contributed by atoms with van der Waals surface area (Å²) in [5, 5.41) is 9.59. The summed E-state index contributed by atoms with van der Waals surface area (Å²) in [6.45, 7) is 4.69. The molecule has 0 spiro atoms. The fourth-order valence-electron chi connectivity index (χ4n) is 6.51. The monoisotopic (exact) mass is 739 g/mol. The van der Waals surface area contributed by atoms with Crippen molar-refractivity contribution in [1.82, 2.24) is 0 Å². The Labute approximate surface area is 320 Å². The fraction of sp³-hybridized carbons (Fsp3) is 0.886. The van der Waals surface area contributed by atoms with Crippen LogP contribution in [0.3, 0.4) is 0 Å². The molecule has 0 aliphatic rings. The standard InChI is InChI=1S/C44H83NO7/c1-6-8-10-12-14-16-17-18-19-20-21-22-23-24-25-27-28-30-32-34-42(46)51-39-40(38-50-37-36-41(44(48)49)45(3,4)5)52-43(47)35-33-31-29-26-15-13-11-9-7-2/h26,29,40-41H,6-25,27-28,30-39H2,1-5H3/p+1/b29-26+. The van der Waals surface area contributed by atoms with Gasteiger partial charge in [0.05, 0.1) is 34.4 Å². The number of carboxylic acids is 1. The van der Waals surface area contributed by atoms with E-state index in [2.05, 4.69) is 26.0 Å². The molecule has 306 valence electrons. The third-order valence-electron chi connectivity index (χ3n) is 9.91. The Morgan fingerprint density at radius 1 is 0.558 bits per heavy atom. The van der Waals surface area contributed by atoms with Gasteiger partial charge in [0.1, 0.15) is 6.61 Å². The number of esters is 2. The molecular formula is C44H84NO7+. The Morgan fingerprint density at radius 3 is 1.44 bits per heavy atom. The van der Waals surface area contributed by atoms with Crippen LogP contribution < -0.4 is 0 Å². The summed E-state index contributed by atoms with van der Waals surface area (Å²) in [7, 11) is 5.52. The molecule has 0 heterocycles. The number of carboxylic acid groups (broad SMARTS) is 1. The van der Waals surface area contributed by atoms with E-state index in [1.807, 2.05) is 21.1 Å². The lowest BCUT2D eigenvalue weighted by Crippen LogP contribution is -2.50. The van der Waals surface area contributed by atoms with Crippen molar-refractivity contribution in [3.8, 4) is 0 Å². The zero-order valence-corrected chi connectivity index (χ0v) is 34.8. The topological polar surface area (TPSA) is 99.1 Å². The zero-order chi connectivity index (χ0) is 38.5. The van der Waals surface area contributed by atoms with Gasteiger partial charge in [-0.3, -0.25) is 9.59 Å². The third kappa shape index (κ3) is 33.9. The average molecular weight is 739 g/mol. The SMILES string of the molecule is CCCCCC/C=C/CCCC(=O)OC(COCCC(C(=O)O)[N+](C)(C)C)COC(=O)CCCCCCCCCCCCCCCCCCCCC. The van der Waals surface area contributed by atoms with Crippen molar-refractivity contribution in [3.63, 3.8) is 0 Å². The molecule has 0 aliphatic carbocycles. The van der Waals surface area contributed by atoms with Crippen molar-refractivity contribution < 1.29 is 38.2 Å². The molecule has 0 aromatic heterocycles. The second-order valence-corrected chi connectivity index (χ2v) is 16.0. The minimum absolute atomic E-state index is 0.0550. The van der Waals surface area contributed by atoms with Crippen molar-refractivity contribution in [2.24, 2.45) is 0 Å². The molecule has 2 unspecified atom stereocenters. The van der Waals surface area contributed by atoms with E-state index < -0.39 is 18.1 Å². The lowest BCUT2D eigenvalue weighted by molar-refractivity contribution is -0.887. The summed E-state index contributed by atoms with van der Waals surface area (Å²) in [6, 6.07) is -0.613. The third-order valence-corrected chi connectivity index (χ3v) is 9.91. The second kappa shape index (κ2) is 36.1. The van der Waals surface area contributed by atoms with Gasteiger partial charge < -0.3 is 23.8 Å². The van der Waals surface area contributed by atoms with Gasteiger partial charge in [0, 0.05) is 19.3 Å². The van der Waals surface area contributed by atoms with Gasteiger partial charge >= 0.3 is 17.9 Å². The minimum atomic E-state index is -0.877. The van der Waals surface area contributed by atoms with Gasteiger partial charge in [-0.1, -0.05) is 161 Å². The molecule has 0 amide bonds. The largest absolute Gasteiger partial charge is 0.477 e. The van der Waals surface area contributed by atoms with E-state index in [1.54, 1.807) is 0 Å². The number of carbonyl (C=O) groups excluding carboxylic acids is 2. The van der Waals surface area contributed by atoms with Crippen LogP contribution in [0.2, 0.25) is 0 Å². The van der Waals surface area contributed by atoms with Crippen LogP contribution in [0.15, 0.2) is 12.2 Å². The number of ether oxygens (including phenoxy) is 3. The molecule has 0 rings (SSSR count). The molecule has 0 saturated carbocycles. The lowest BCUT2D eigenvalue weighted by atomic mass is 10.0. The summed E-state index contributed by atoms with van der Waals surface area (Å²) in [5.41, 5.74) is 0. The summed E-state index contributed by atoms with van der Waals surface area (Å²) in [6.07, 6.45) is 37.0. The van der Waals surface area contributed by atoms with Crippen LogP contribution >= 0.6 is 0 Å². The van der Waals surface area contributed by atoms with Crippen LogP contribution in [0, 0.1) is 0 Å². The smallest absolute Gasteiger partial charge is 0.362 e. The number of nitrogens with zero attached hydrogens (tertiary/aromatic N) is 1. The minimum Gasteiger partial charge on any atom is -0.477 e. The molecule has 8 nitrogen and oxygen atoms in total. The van der Waals surface area contributed by atoms with Crippen LogP contribution in [0.5, 0.6) is 0 Å². The highest BCUT2D eigenvalue weighted by molar-refractivity contribution is 5.72. The molecule has 0 radical (unpaired) electrons. The van der Waals surface area contributed by atoms with Gasteiger partial charge in [0.25, 0.3) is 0 Å². The highest BCUT2D eigenvalue weighted by atomic mass is 16.6. The molecule has 8 heteroatoms. The van der Waals surface area contributed by atoms with Gasteiger partial charge in [0.15, 0.2) is 12.1 Å². The molecular weight excluding hydrogens is 654 g/mol. The number of carbonyl (C=O) groups is 3. The molecule has 0 aromatic carbocycles. The molecule has 0 bridgehead atoms. The Kier molecular flexibility index (Phi) is 34.7. The maximum Gasteiger partial charge on any atom is 0.362 e. The Balaban J connectivity index is 4.22. The molecule has 0 aliphatic heterocycles. The predicted molar refractivity (Wildman–Crippen MR) is 215 cm³/mol. The first-order chi connectivity index (χ1) is 25.1. The molecule has 0 fully saturated rings. The lowest BCUT2D eigenvalue weighted by Gasteiger charge is -2.31. The maximum absolute atomic E-state index is 12.6. The van der Waals surface area contributed by atoms with E-state index in [0.29, 0.717) is 19.3 Å². The van der Waals surface area contributed by atoms with Crippen molar-refractivity contribution in [2.75, 3.05) is 41.0 Å². The summed E-state index contributed by atoms with van der Waals surface area (Å²) in [4.78, 5) is 36.8. The first-order valence-corrected chi connectivity index (χ1v) is 21.7. The Hall–Kier alpha value is -1.93. The van der Waals surface area contributed by atoms with Crippen molar-refractivity contribution in [3.05, 3.63) is 12.2 Å². The summed E-state index contributed by atoms with van der Waals surface area (Å²) in [5.74, 6) is -1.50. The number of hydrogen-bond acceptors (Lipinski definition) is 6. The van der Waals surface area contributed by atoms with Gasteiger partial charge in [-0.2, -0.15) is 0 Å². The number of unbranched alkanes of at least 4 members (excludes halogenated alkanes) is 23. The molecule has 0 aromatic rings. The molecule has 52 heavy (non-hydrogen) atoms. The number of quaternary nitrogens is 1. The predicted octanol–water partition coefficient (Wildman–Crippen LogP) is 11.5. The Bertz CT molecular complexity index is 869. The fourth-order valence-corrected chi connectivity index (χ4v) is 6.51. The van der Waals surface area contributed by atoms with E-state index in [1.165, 1.54) is 128 Å². The van der Waals surface area contributed by atoms with Crippen LogP contribution in [0.4, 0.5) is 0 Å². The highest BCUT2D eigenvalue weighted by Crippen LogP contribution is 2.16. The number of aliphatic carboxylic acids is 1. The van der Waals surface area contributed by atoms with Gasteiger partial charge in [-0.05, 0) is 32.1 Å². The molecule has 1 N–H and O–H groups in total. The maximum atomic E-state index is 12.6. The van der Waals surface area contributed by atoms with Gasteiger partial charge in [0.2, 0.25) is 0 Å². The second-order valence-electron chi connectivity index (χ2n) is 16.0. The molecule has 2 atom stereocenters. The average Bonchev–Trinajstić information content (AvgIpc) is 3.09. The first-order valence-electron chi connectivity index (χ1n) is 21.7. The van der Waals surface area contributed by atoms with Crippen LogP contribution in [-0.2, 0) is 28.6 Å². The van der Waals surface area contributed by atoms with Crippen molar-refractivity contribution >= 4 is 17.9 Å². The van der Waals surface area contributed by atoms with E-state index in [4.69, 9.17) is 14.2 Å². The molecule has 0 saturated heterocycles. The van der Waals surface area contributed by atoms with E-state index in [0.717, 1.165) is 32.1 Å². The highest BCUT2D eigenvalue weighted by Gasteiger charge is 2.31. The van der Waals surface area contributed by atoms with Crippen molar-refractivity contribution in [2.45, 2.75) is 212 Å². The van der Waals surface area contributed by atoms with E-state index >= 15 is 0 Å². The first kappa shape index (κ1) is 50.1. The quantitative estimate of drug-likeness (QED) is 0.0290. The van der Waals surface area contributed by atoms with Crippen LogP contribution in [-0.4, -0.2) is 80.6 Å². The van der Waals surface area contributed by atoms with Gasteiger partial charge in [-0.15, -0.1) is 0 Å². The Morgan fingerprint density at radius 2 is 0.981 bits per heavy atom. The van der Waals surface area contributed by atoms with Crippen molar-refractivity contribution in [1.29, 1.82) is 0 Å². The van der Waals surface area contributed by atoms with E-state index in [-0.39, 0.29) is 42.7 Å². The number of hydrogen-bond donors (Lipinski definition) is 1. The van der Waals surface area contributed by atoms with E-state index in [9.17, 15) is 19.5 Å². The summed E-state index contributed by atoms with van der Waals surface area (Å²) >= 11 is 0. The van der Waals surface area contributed by atoms with Gasteiger partial charge in [-0.25, -0.2) is 4.79 Å². The van der Waals surface area contributed by atoms with Crippen LogP contribution in [0.25, 0.3) is 0 Å². The zero-order valence-electron chi connectivity index (χ0n) is 34.8. The summed E-state index contributed by atoms with van der Waals surface area (Å²) < 4.78 is 17.2. The normalized spacial score (nSPS) is 13.0. The number of allylic oxidation sites excluding steroid dienone is 2. The van der Waals surface area contributed by atoms with Crippen LogP contribution in [0.1, 0.15) is 200 Å². The number of rotatable bonds is 39. The number of likely N-dealkylation sites (N-methyl/N-ethyl adjacent to an activating group) is 1.